The van der Waals surface area contributed by atoms with Crippen molar-refractivity contribution in [2.75, 3.05) is 18.9 Å². The first kappa shape index (κ1) is 13.4. The van der Waals surface area contributed by atoms with Gasteiger partial charge in [0.15, 0.2) is 0 Å². The molecule has 0 aromatic carbocycles. The Morgan fingerprint density at radius 1 is 1.35 bits per heavy atom. The number of aromatic nitrogens is 2. The quantitative estimate of drug-likeness (QED) is 0.678. The minimum Gasteiger partial charge on any atom is -0.407 e. The third kappa shape index (κ3) is 5.30. The molecule has 0 aliphatic carbocycles. The van der Waals surface area contributed by atoms with Crippen LogP contribution in [0, 0.1) is 0 Å². The maximum atomic E-state index is 11.0. The Labute approximate surface area is 100 Å². The highest BCUT2D eigenvalue weighted by Crippen LogP contribution is 2.06. The summed E-state index contributed by atoms with van der Waals surface area (Å²) in [5.74, 6) is 0.344. The predicted octanol–water partition coefficient (Wildman–Crippen LogP) is 0.116. The summed E-state index contributed by atoms with van der Waals surface area (Å²) in [4.78, 5) is 11.0. The van der Waals surface area contributed by atoms with Crippen LogP contribution in [0.25, 0.3) is 0 Å². The van der Waals surface area contributed by atoms with Gasteiger partial charge in [-0.2, -0.15) is 0 Å². The Balaban J connectivity index is 2.40. The largest absolute Gasteiger partial charge is 0.407 e. The van der Waals surface area contributed by atoms with Crippen LogP contribution in [0.15, 0.2) is 4.42 Å². The van der Waals surface area contributed by atoms with Gasteiger partial charge >= 0.3 is 6.01 Å². The molecule has 0 bridgehead atoms. The normalized spacial score (nSPS) is 11.3. The van der Waals surface area contributed by atoms with Crippen molar-refractivity contribution in [2.24, 2.45) is 0 Å². The smallest absolute Gasteiger partial charge is 0.315 e. The Morgan fingerprint density at radius 2 is 2.06 bits per heavy atom. The molecular weight excluding hydrogens is 222 g/mol. The fraction of sp³-hybridized carbons (Fsp3) is 0.700. The van der Waals surface area contributed by atoms with Crippen molar-refractivity contribution >= 4 is 11.9 Å². The summed E-state index contributed by atoms with van der Waals surface area (Å²) in [5.41, 5.74) is -0.00976. The molecule has 17 heavy (non-hydrogen) atoms. The molecule has 0 aliphatic heterocycles. The first-order valence-corrected chi connectivity index (χ1v) is 5.42. The summed E-state index contributed by atoms with van der Waals surface area (Å²) in [5, 5.41) is 16.1. The number of rotatable bonds is 5. The van der Waals surface area contributed by atoms with E-state index in [1.54, 1.807) is 7.05 Å². The molecule has 1 aromatic rings. The molecular formula is C10H19N5O2. The fourth-order valence-electron chi connectivity index (χ4n) is 0.982. The van der Waals surface area contributed by atoms with Crippen LogP contribution < -0.4 is 16.0 Å². The maximum absolute atomic E-state index is 11.0. The van der Waals surface area contributed by atoms with E-state index in [4.69, 9.17) is 4.42 Å². The molecule has 7 nitrogen and oxygen atoms in total. The molecule has 0 spiro atoms. The van der Waals surface area contributed by atoms with E-state index in [-0.39, 0.29) is 24.0 Å². The predicted molar refractivity (Wildman–Crippen MR) is 63.4 cm³/mol. The highest BCUT2D eigenvalue weighted by molar-refractivity contribution is 5.79. The minimum atomic E-state index is -0.141. The van der Waals surface area contributed by atoms with Crippen LogP contribution in [0.3, 0.4) is 0 Å². The monoisotopic (exact) mass is 241 g/mol. The molecule has 96 valence electrons. The van der Waals surface area contributed by atoms with Crippen molar-refractivity contribution < 1.29 is 9.21 Å². The van der Waals surface area contributed by atoms with E-state index in [2.05, 4.69) is 26.1 Å². The molecule has 3 N–H and O–H groups in total. The average Bonchev–Trinajstić information content (AvgIpc) is 2.70. The second kappa shape index (κ2) is 5.62. The highest BCUT2D eigenvalue weighted by atomic mass is 16.4. The van der Waals surface area contributed by atoms with Gasteiger partial charge in [0, 0.05) is 12.6 Å². The lowest BCUT2D eigenvalue weighted by atomic mass is 10.1. The summed E-state index contributed by atoms with van der Waals surface area (Å²) < 4.78 is 5.30. The van der Waals surface area contributed by atoms with E-state index in [0.29, 0.717) is 12.4 Å². The number of carbonyl (C=O) groups excluding carboxylic acids is 1. The van der Waals surface area contributed by atoms with Crippen LogP contribution in [-0.4, -0.2) is 35.2 Å². The van der Waals surface area contributed by atoms with Gasteiger partial charge in [-0.25, -0.2) is 0 Å². The third-order valence-corrected chi connectivity index (χ3v) is 1.92. The highest BCUT2D eigenvalue weighted by Gasteiger charge is 2.12. The summed E-state index contributed by atoms with van der Waals surface area (Å²) in [7, 11) is 1.57. The Kier molecular flexibility index (Phi) is 4.45. The van der Waals surface area contributed by atoms with Gasteiger partial charge in [0.2, 0.25) is 11.8 Å². The standard InChI is InChI=1S/C10H19N5O2/c1-10(2,3)13-6-8-14-15-9(17-8)12-5-7(16)11-4/h13H,5-6H2,1-4H3,(H,11,16)(H,12,15). The lowest BCUT2D eigenvalue weighted by molar-refractivity contribution is -0.118. The van der Waals surface area contributed by atoms with Gasteiger partial charge in [0.25, 0.3) is 0 Å². The van der Waals surface area contributed by atoms with Crippen molar-refractivity contribution in [1.29, 1.82) is 0 Å². The molecule has 7 heteroatoms. The van der Waals surface area contributed by atoms with Crippen LogP contribution in [0.2, 0.25) is 0 Å². The number of carbonyl (C=O) groups is 1. The molecule has 0 saturated heterocycles. The van der Waals surface area contributed by atoms with Crippen molar-refractivity contribution in [2.45, 2.75) is 32.9 Å². The topological polar surface area (TPSA) is 92.1 Å². The van der Waals surface area contributed by atoms with Gasteiger partial charge in [-0.3, -0.25) is 4.79 Å². The minimum absolute atomic E-state index is 0.00976. The molecule has 0 fully saturated rings. The van der Waals surface area contributed by atoms with E-state index in [1.807, 2.05) is 20.8 Å². The average molecular weight is 241 g/mol. The number of nitrogens with one attached hydrogen (secondary N) is 3. The zero-order valence-corrected chi connectivity index (χ0v) is 10.6. The van der Waals surface area contributed by atoms with Crippen molar-refractivity contribution in [3.05, 3.63) is 5.89 Å². The molecule has 1 heterocycles. The number of likely N-dealkylation sites (N-methyl/N-ethyl adjacent to an activating group) is 1. The van der Waals surface area contributed by atoms with E-state index in [9.17, 15) is 4.79 Å². The zero-order valence-electron chi connectivity index (χ0n) is 10.6. The first-order chi connectivity index (χ1) is 7.90. The molecule has 1 rings (SSSR count). The molecule has 0 saturated carbocycles. The molecule has 1 amide bonds. The van der Waals surface area contributed by atoms with Crippen LogP contribution in [0.1, 0.15) is 26.7 Å². The molecule has 0 atom stereocenters. The summed E-state index contributed by atoms with van der Waals surface area (Å²) in [6, 6.07) is 0.249. The number of anilines is 1. The van der Waals surface area contributed by atoms with Crippen molar-refractivity contribution in [1.82, 2.24) is 20.8 Å². The second-order valence-electron chi connectivity index (χ2n) is 4.63. The van der Waals surface area contributed by atoms with Crippen molar-refractivity contribution in [3.63, 3.8) is 0 Å². The molecule has 0 unspecified atom stereocenters. The van der Waals surface area contributed by atoms with E-state index in [1.165, 1.54) is 0 Å². The lowest BCUT2D eigenvalue weighted by Gasteiger charge is -2.18. The Hall–Kier alpha value is -1.63. The van der Waals surface area contributed by atoms with Crippen LogP contribution in [0.5, 0.6) is 0 Å². The Morgan fingerprint density at radius 3 is 2.65 bits per heavy atom. The summed E-state index contributed by atoms with van der Waals surface area (Å²) in [6.45, 7) is 6.76. The van der Waals surface area contributed by atoms with E-state index < -0.39 is 0 Å². The van der Waals surface area contributed by atoms with Crippen LogP contribution in [0.4, 0.5) is 6.01 Å². The molecule has 0 radical (unpaired) electrons. The first-order valence-electron chi connectivity index (χ1n) is 5.42. The van der Waals surface area contributed by atoms with E-state index in [0.717, 1.165) is 0 Å². The lowest BCUT2D eigenvalue weighted by Crippen LogP contribution is -2.35. The summed E-state index contributed by atoms with van der Waals surface area (Å²) in [6.07, 6.45) is 0. The van der Waals surface area contributed by atoms with Gasteiger partial charge in [-0.05, 0) is 20.8 Å². The zero-order chi connectivity index (χ0) is 12.9. The number of nitrogens with zero attached hydrogens (tertiary/aromatic N) is 2. The SMILES string of the molecule is CNC(=O)CNc1nnc(CNC(C)(C)C)o1. The number of amides is 1. The fourth-order valence-corrected chi connectivity index (χ4v) is 0.982. The van der Waals surface area contributed by atoms with Crippen molar-refractivity contribution in [3.8, 4) is 0 Å². The summed E-state index contributed by atoms with van der Waals surface area (Å²) >= 11 is 0. The van der Waals surface area contributed by atoms with Gasteiger partial charge in [-0.15, -0.1) is 5.10 Å². The van der Waals surface area contributed by atoms with E-state index >= 15 is 0 Å². The molecule has 0 aliphatic rings. The van der Waals surface area contributed by atoms with Gasteiger partial charge in [0.1, 0.15) is 0 Å². The second-order valence-corrected chi connectivity index (χ2v) is 4.63. The van der Waals surface area contributed by atoms with Gasteiger partial charge in [-0.1, -0.05) is 5.10 Å². The number of hydrogen-bond acceptors (Lipinski definition) is 6. The van der Waals surface area contributed by atoms with Gasteiger partial charge in [0.05, 0.1) is 13.1 Å². The Bertz CT molecular complexity index is 369. The third-order valence-electron chi connectivity index (χ3n) is 1.92. The van der Waals surface area contributed by atoms with Crippen LogP contribution in [-0.2, 0) is 11.3 Å². The maximum Gasteiger partial charge on any atom is 0.315 e. The van der Waals surface area contributed by atoms with Crippen LogP contribution >= 0.6 is 0 Å². The number of hydrogen-bond donors (Lipinski definition) is 3. The molecule has 1 aromatic heterocycles. The van der Waals surface area contributed by atoms with Gasteiger partial charge < -0.3 is 20.4 Å².